The first-order chi connectivity index (χ1) is 1.41. The maximum Gasteiger partial charge on any atom is 0.00268 e. The van der Waals surface area contributed by atoms with Gasteiger partial charge in [0.25, 0.3) is 0 Å². The van der Waals surface area contributed by atoms with Crippen LogP contribution in [0.15, 0.2) is 0 Å². The average molecular weight is 212 g/mol. The molecule has 4 heavy (non-hydrogen) atoms. The van der Waals surface area contributed by atoms with Gasteiger partial charge in [-0.05, 0) is 0 Å². The largest absolute Gasteiger partial charge is 0.301 e. The van der Waals surface area contributed by atoms with Crippen molar-refractivity contribution < 1.29 is 46.0 Å². The van der Waals surface area contributed by atoms with Gasteiger partial charge in [0.1, 0.15) is 0 Å². The number of hydrogen-bond donors (Lipinski definition) is 2. The monoisotopic (exact) mass is 209 g/mol. The van der Waals surface area contributed by atoms with E-state index < -0.39 is 0 Å². The minimum absolute atomic E-state index is 0. The third-order valence-electron chi connectivity index (χ3n) is 0. The van der Waals surface area contributed by atoms with Gasteiger partial charge in [0, 0.05) is 52.6 Å². The molecule has 0 spiro atoms. The van der Waals surface area contributed by atoms with Crippen molar-refractivity contribution in [2.75, 3.05) is 0 Å². The summed E-state index contributed by atoms with van der Waals surface area (Å²) in [7, 11) is 0. The van der Waals surface area contributed by atoms with E-state index >= 15 is 0 Å². The van der Waals surface area contributed by atoms with Gasteiger partial charge in [-0.25, -0.2) is 0 Å². The summed E-state index contributed by atoms with van der Waals surface area (Å²) in [5.41, 5.74) is 0. The minimum atomic E-state index is 0. The van der Waals surface area contributed by atoms with E-state index in [1.165, 1.54) is 5.00 Å². The van der Waals surface area contributed by atoms with Gasteiger partial charge in [-0.1, -0.05) is 0 Å². The normalized spacial score (nSPS) is 4.50. The second-order valence-corrected chi connectivity index (χ2v) is 0.254. The van der Waals surface area contributed by atoms with Crippen molar-refractivity contribution in [1.29, 1.82) is 0 Å². The molecule has 2 nitrogen and oxygen atoms in total. The molecule has 0 saturated heterocycles. The molecule has 0 amide bonds. The maximum absolute atomic E-state index is 7.08. The van der Waals surface area contributed by atoms with Crippen LogP contribution in [0.1, 0.15) is 0 Å². The summed E-state index contributed by atoms with van der Waals surface area (Å²) in [5, 5.41) is 7.08. The number of hydrogen-bond acceptors (Lipinski definition) is 2. The molecular weight excluding hydrogens is 210 g/mol. The van der Waals surface area contributed by atoms with E-state index in [0.29, 0.717) is 0 Å². The third-order valence-corrected chi connectivity index (χ3v) is 0. The van der Waals surface area contributed by atoms with Crippen molar-refractivity contribution in [2.24, 2.45) is 0 Å². The first-order valence-electron chi connectivity index (χ1n) is 0.413. The zero-order valence-corrected chi connectivity index (χ0v) is 5.79. The number of halogens is 1. The Balaban J connectivity index is 0. The van der Waals surface area contributed by atoms with E-state index in [0.717, 1.165) is 0 Å². The van der Waals surface area contributed by atoms with Crippen LogP contribution in [0.4, 0.5) is 0 Å². The van der Waals surface area contributed by atoms with Crippen molar-refractivity contribution in [2.45, 2.75) is 0 Å². The fraction of sp³-hybridized carbons (Fsp3) is 0. The zero-order chi connectivity index (χ0) is 2.71. The van der Waals surface area contributed by atoms with Crippen molar-refractivity contribution in [1.82, 2.24) is 5.00 Å². The quantitative estimate of drug-likeness (QED) is 0.441. The summed E-state index contributed by atoms with van der Waals surface area (Å²) >= 11 is 4.30. The van der Waals surface area contributed by atoms with E-state index in [1.807, 2.05) is 0 Å². The SMILES string of the molecule is ONCl.[Nd]. The topological polar surface area (TPSA) is 32.3 Å². The van der Waals surface area contributed by atoms with Crippen LogP contribution in [0, 0.1) is 40.8 Å². The summed E-state index contributed by atoms with van der Waals surface area (Å²) in [6, 6.07) is 0. The predicted molar refractivity (Wildman–Crippen MR) is 10.8 cm³/mol. The first-order valence-corrected chi connectivity index (χ1v) is 0.791. The molecule has 0 heterocycles. The van der Waals surface area contributed by atoms with Crippen LogP contribution in [-0.4, -0.2) is 5.21 Å². The van der Waals surface area contributed by atoms with E-state index in [4.69, 9.17) is 5.21 Å². The van der Waals surface area contributed by atoms with Crippen LogP contribution >= 0.6 is 11.8 Å². The van der Waals surface area contributed by atoms with Gasteiger partial charge in [0.05, 0.1) is 0 Å². The van der Waals surface area contributed by atoms with Gasteiger partial charge in [0.15, 0.2) is 0 Å². The molecule has 2 N–H and O–H groups in total. The van der Waals surface area contributed by atoms with Crippen LogP contribution in [0.25, 0.3) is 0 Å². The van der Waals surface area contributed by atoms with Crippen molar-refractivity contribution >= 4 is 11.8 Å². The van der Waals surface area contributed by atoms with E-state index in [2.05, 4.69) is 11.8 Å². The fourth-order valence-electron chi connectivity index (χ4n) is 0. The molecule has 0 aromatic rings. The standard InChI is InChI=1S/ClH2NO.Nd/c1-2-3;/h2-3H;. The van der Waals surface area contributed by atoms with Crippen molar-refractivity contribution in [3.05, 3.63) is 0 Å². The molecule has 0 saturated carbocycles. The molecule has 0 aromatic heterocycles. The van der Waals surface area contributed by atoms with E-state index in [9.17, 15) is 0 Å². The third kappa shape index (κ3) is 9.59. The fourth-order valence-corrected chi connectivity index (χ4v) is 0. The van der Waals surface area contributed by atoms with Crippen LogP contribution in [-0.2, 0) is 0 Å². The second-order valence-electron chi connectivity index (χ2n) is 0.0845. The molecule has 0 unspecified atom stereocenters. The summed E-state index contributed by atoms with van der Waals surface area (Å²) < 4.78 is 0. The minimum Gasteiger partial charge on any atom is -0.301 e. The van der Waals surface area contributed by atoms with Gasteiger partial charge in [-0.15, -0.1) is 5.00 Å². The molecule has 0 rings (SSSR count). The van der Waals surface area contributed by atoms with E-state index in [-0.39, 0.29) is 40.8 Å². The molecule has 0 fully saturated rings. The molecule has 0 radical (unpaired) electrons. The molecule has 0 aliphatic rings. The van der Waals surface area contributed by atoms with Gasteiger partial charge >= 0.3 is 0 Å². The number of rotatable bonds is 0. The Bertz CT molecular complexity index is 8.00. The zero-order valence-electron chi connectivity index (χ0n) is 1.83. The van der Waals surface area contributed by atoms with E-state index in [1.54, 1.807) is 0 Å². The predicted octanol–water partition coefficient (Wildman–Crippen LogP) is 0.119. The molecule has 0 atom stereocenters. The van der Waals surface area contributed by atoms with Crippen LogP contribution < -0.4 is 5.00 Å². The summed E-state index contributed by atoms with van der Waals surface area (Å²) in [4.78, 5) is 1.22. The molecule has 0 aromatic carbocycles. The average Bonchev–Trinajstić information content (AvgIpc) is 0.918. The van der Waals surface area contributed by atoms with Gasteiger partial charge in [-0.3, -0.25) is 0 Å². The second kappa shape index (κ2) is 8.82. The molecule has 0 bridgehead atoms. The Hall–Kier alpha value is 1.56. The summed E-state index contributed by atoms with van der Waals surface area (Å²) in [6.07, 6.45) is 0. The van der Waals surface area contributed by atoms with Gasteiger partial charge in [0.2, 0.25) is 0 Å². The van der Waals surface area contributed by atoms with Gasteiger partial charge < -0.3 is 5.21 Å². The van der Waals surface area contributed by atoms with Gasteiger partial charge in [-0.2, -0.15) is 0 Å². The Kier molecular flexibility index (Phi) is 20.1. The summed E-state index contributed by atoms with van der Waals surface area (Å²) in [6.45, 7) is 0. The Morgan fingerprint density at radius 2 is 1.75 bits per heavy atom. The molecule has 24 valence electrons. The summed E-state index contributed by atoms with van der Waals surface area (Å²) in [5.74, 6) is 0. The Morgan fingerprint density at radius 3 is 1.75 bits per heavy atom. The van der Waals surface area contributed by atoms with Crippen LogP contribution in [0.5, 0.6) is 0 Å². The number of nitrogens with one attached hydrogen (secondary N) is 1. The van der Waals surface area contributed by atoms with Crippen molar-refractivity contribution in [3.63, 3.8) is 0 Å². The molecule has 0 aliphatic carbocycles. The maximum atomic E-state index is 7.08. The molecule has 4 heteroatoms. The van der Waals surface area contributed by atoms with Crippen LogP contribution in [0.2, 0.25) is 0 Å². The molecular formula is H2ClNNdO. The molecule has 0 aliphatic heterocycles. The van der Waals surface area contributed by atoms with Crippen molar-refractivity contribution in [3.8, 4) is 0 Å². The Labute approximate surface area is 62.1 Å². The Morgan fingerprint density at radius 1 is 1.75 bits per heavy atom. The first kappa shape index (κ1) is 9.12. The van der Waals surface area contributed by atoms with Crippen LogP contribution in [0.3, 0.4) is 0 Å². The smallest absolute Gasteiger partial charge is 0.00268 e.